The Morgan fingerprint density at radius 3 is 2.77 bits per heavy atom. The van der Waals surface area contributed by atoms with Crippen molar-refractivity contribution in [2.24, 2.45) is 0 Å². The van der Waals surface area contributed by atoms with Gasteiger partial charge in [0.25, 0.3) is 0 Å². The molecule has 1 heterocycles. The number of aliphatic hydroxyl groups is 1. The summed E-state index contributed by atoms with van der Waals surface area (Å²) in [6.45, 7) is 7.66. The first-order valence-electron chi connectivity index (χ1n) is 4.28. The van der Waals surface area contributed by atoms with E-state index in [1.807, 2.05) is 13.8 Å². The minimum atomic E-state index is -0.00899. The smallest absolute Gasteiger partial charge is 0.151 e. The van der Waals surface area contributed by atoms with Crippen molar-refractivity contribution in [2.45, 2.75) is 26.4 Å². The first-order chi connectivity index (χ1) is 6.19. The van der Waals surface area contributed by atoms with Gasteiger partial charge in [-0.25, -0.2) is 9.97 Å². The third-order valence-corrected chi connectivity index (χ3v) is 1.82. The molecule has 0 aliphatic carbocycles. The molecule has 0 aromatic carbocycles. The molecule has 70 valence electrons. The normalized spacial score (nSPS) is 10.5. The van der Waals surface area contributed by atoms with Gasteiger partial charge in [-0.05, 0) is 12.0 Å². The average Bonchev–Trinajstić information content (AvgIpc) is 2.16. The Kier molecular flexibility index (Phi) is 3.14. The number of hydrogen-bond acceptors (Lipinski definition) is 3. The van der Waals surface area contributed by atoms with E-state index in [2.05, 4.69) is 16.5 Å². The summed E-state index contributed by atoms with van der Waals surface area (Å²) < 4.78 is 0. The van der Waals surface area contributed by atoms with Crippen LogP contribution >= 0.6 is 0 Å². The van der Waals surface area contributed by atoms with E-state index >= 15 is 0 Å². The average molecular weight is 178 g/mol. The van der Waals surface area contributed by atoms with Crippen LogP contribution in [0, 0.1) is 0 Å². The molecule has 0 unspecified atom stereocenters. The fraction of sp³-hybridized carbons (Fsp3) is 0.400. The molecular formula is C10H14N2O. The molecule has 3 nitrogen and oxygen atoms in total. The fourth-order valence-corrected chi connectivity index (χ4v) is 1.15. The predicted molar refractivity (Wildman–Crippen MR) is 52.1 cm³/mol. The highest BCUT2D eigenvalue weighted by atomic mass is 16.3. The summed E-state index contributed by atoms with van der Waals surface area (Å²) in [6, 6.07) is 0. The third-order valence-electron chi connectivity index (χ3n) is 1.82. The maximum absolute atomic E-state index is 9.03. The van der Waals surface area contributed by atoms with E-state index in [1.54, 1.807) is 12.3 Å². The van der Waals surface area contributed by atoms with Crippen LogP contribution in [-0.2, 0) is 6.61 Å². The van der Waals surface area contributed by atoms with Crippen LogP contribution in [0.4, 0.5) is 0 Å². The van der Waals surface area contributed by atoms with Crippen molar-refractivity contribution < 1.29 is 5.11 Å². The maximum atomic E-state index is 9.03. The lowest BCUT2D eigenvalue weighted by molar-refractivity contribution is 0.279. The summed E-state index contributed by atoms with van der Waals surface area (Å²) in [5.74, 6) is 0.907. The van der Waals surface area contributed by atoms with Gasteiger partial charge in [0.2, 0.25) is 0 Å². The Morgan fingerprint density at radius 2 is 2.31 bits per heavy atom. The highest BCUT2D eigenvalue weighted by Crippen LogP contribution is 2.16. The van der Waals surface area contributed by atoms with E-state index in [1.165, 1.54) is 0 Å². The quantitative estimate of drug-likeness (QED) is 0.766. The molecule has 1 rings (SSSR count). The summed E-state index contributed by atoms with van der Waals surface area (Å²) >= 11 is 0. The number of nitrogens with zero attached hydrogens (tertiary/aromatic N) is 2. The minimum Gasteiger partial charge on any atom is -0.392 e. The Balaban J connectivity index is 3.17. The van der Waals surface area contributed by atoms with Crippen molar-refractivity contribution >= 4 is 6.08 Å². The zero-order chi connectivity index (χ0) is 9.84. The summed E-state index contributed by atoms with van der Waals surface area (Å²) in [4.78, 5) is 8.29. The zero-order valence-corrected chi connectivity index (χ0v) is 7.99. The molecule has 13 heavy (non-hydrogen) atoms. The van der Waals surface area contributed by atoms with Gasteiger partial charge >= 0.3 is 0 Å². The third kappa shape index (κ3) is 2.12. The molecule has 3 heteroatoms. The van der Waals surface area contributed by atoms with Crippen molar-refractivity contribution in [3.8, 4) is 0 Å². The highest BCUT2D eigenvalue weighted by Gasteiger charge is 2.08. The lowest BCUT2D eigenvalue weighted by Crippen LogP contribution is -2.03. The van der Waals surface area contributed by atoms with E-state index in [-0.39, 0.29) is 6.61 Å². The summed E-state index contributed by atoms with van der Waals surface area (Å²) in [5.41, 5.74) is 1.69. The predicted octanol–water partition coefficient (Wildman–Crippen LogP) is 1.74. The molecule has 0 aliphatic heterocycles. The summed E-state index contributed by atoms with van der Waals surface area (Å²) in [7, 11) is 0. The van der Waals surface area contributed by atoms with Gasteiger partial charge in [-0.15, -0.1) is 0 Å². The van der Waals surface area contributed by atoms with E-state index in [9.17, 15) is 0 Å². The number of rotatable bonds is 3. The Morgan fingerprint density at radius 1 is 1.62 bits per heavy atom. The molecule has 0 atom stereocenters. The number of aromatic nitrogens is 2. The van der Waals surface area contributed by atoms with Crippen molar-refractivity contribution in [1.82, 2.24) is 9.97 Å². The van der Waals surface area contributed by atoms with Gasteiger partial charge in [-0.2, -0.15) is 0 Å². The second-order valence-corrected chi connectivity index (χ2v) is 3.16. The lowest BCUT2D eigenvalue weighted by Gasteiger charge is -2.09. The number of aliphatic hydroxyl groups excluding tert-OH is 1. The molecule has 0 aliphatic rings. The van der Waals surface area contributed by atoms with Crippen molar-refractivity contribution in [3.63, 3.8) is 0 Å². The Bertz CT molecular complexity index is 308. The first kappa shape index (κ1) is 9.86. The van der Waals surface area contributed by atoms with Gasteiger partial charge in [0.15, 0.2) is 5.82 Å². The topological polar surface area (TPSA) is 46.0 Å². The molecule has 0 radical (unpaired) electrons. The zero-order valence-electron chi connectivity index (χ0n) is 7.99. The van der Waals surface area contributed by atoms with Gasteiger partial charge in [0.05, 0.1) is 12.3 Å². The van der Waals surface area contributed by atoms with Crippen LogP contribution in [0.1, 0.15) is 36.8 Å². The van der Waals surface area contributed by atoms with E-state index in [0.29, 0.717) is 11.7 Å². The van der Waals surface area contributed by atoms with Gasteiger partial charge < -0.3 is 5.11 Å². The number of hydrogen-bond donors (Lipinski definition) is 1. The Labute approximate surface area is 78.2 Å². The monoisotopic (exact) mass is 178 g/mol. The summed E-state index contributed by atoms with van der Waals surface area (Å²) in [6.07, 6.45) is 3.26. The van der Waals surface area contributed by atoms with Gasteiger partial charge in [0.1, 0.15) is 0 Å². The molecule has 1 N–H and O–H groups in total. The minimum absolute atomic E-state index is 0.00899. The molecule has 0 amide bonds. The second-order valence-electron chi connectivity index (χ2n) is 3.16. The molecule has 1 aromatic rings. The van der Waals surface area contributed by atoms with Gasteiger partial charge in [-0.3, -0.25) is 0 Å². The maximum Gasteiger partial charge on any atom is 0.151 e. The molecular weight excluding hydrogens is 164 g/mol. The lowest BCUT2D eigenvalue weighted by atomic mass is 10.1. The molecule has 0 bridgehead atoms. The Hall–Kier alpha value is -1.22. The largest absolute Gasteiger partial charge is 0.392 e. The van der Waals surface area contributed by atoms with Crippen molar-refractivity contribution in [1.29, 1.82) is 0 Å². The standard InChI is InChI=1S/C10H14N2O/c1-4-9-11-5-8(6-13)10(12-9)7(2)3/h4-5,7,13H,1,6H2,2-3H3. The van der Waals surface area contributed by atoms with Crippen LogP contribution in [-0.4, -0.2) is 15.1 Å². The van der Waals surface area contributed by atoms with Gasteiger partial charge in [-0.1, -0.05) is 20.4 Å². The van der Waals surface area contributed by atoms with E-state index < -0.39 is 0 Å². The van der Waals surface area contributed by atoms with E-state index in [0.717, 1.165) is 11.3 Å². The van der Waals surface area contributed by atoms with Crippen LogP contribution in [0.25, 0.3) is 6.08 Å². The highest BCUT2D eigenvalue weighted by molar-refractivity contribution is 5.37. The van der Waals surface area contributed by atoms with E-state index in [4.69, 9.17) is 5.11 Å². The van der Waals surface area contributed by atoms with Crippen LogP contribution < -0.4 is 0 Å². The molecule has 1 aromatic heterocycles. The molecule has 0 spiro atoms. The summed E-state index contributed by atoms with van der Waals surface area (Å²) in [5, 5.41) is 9.03. The van der Waals surface area contributed by atoms with Gasteiger partial charge in [0, 0.05) is 11.8 Å². The van der Waals surface area contributed by atoms with Crippen molar-refractivity contribution in [2.75, 3.05) is 0 Å². The molecule has 0 saturated heterocycles. The SMILES string of the molecule is C=Cc1ncc(CO)c(C(C)C)n1. The molecule has 0 fully saturated rings. The van der Waals surface area contributed by atoms with Crippen molar-refractivity contribution in [3.05, 3.63) is 29.9 Å². The molecule has 0 saturated carbocycles. The first-order valence-corrected chi connectivity index (χ1v) is 4.28. The van der Waals surface area contributed by atoms with Crippen LogP contribution in [0.2, 0.25) is 0 Å². The second kappa shape index (κ2) is 4.14. The fourth-order valence-electron chi connectivity index (χ4n) is 1.15. The van der Waals surface area contributed by atoms with Crippen LogP contribution in [0.15, 0.2) is 12.8 Å². The van der Waals surface area contributed by atoms with Crippen LogP contribution in [0.5, 0.6) is 0 Å². The van der Waals surface area contributed by atoms with Crippen LogP contribution in [0.3, 0.4) is 0 Å².